The predicted molar refractivity (Wildman–Crippen MR) is 111 cm³/mol. The van der Waals surface area contributed by atoms with Crippen LogP contribution in [0.1, 0.15) is 43.0 Å². The van der Waals surface area contributed by atoms with Crippen LogP contribution < -0.4 is 5.32 Å². The number of nitrogens with one attached hydrogen (secondary N) is 1. The fraction of sp³-hybridized carbons (Fsp3) is 0.318. The van der Waals surface area contributed by atoms with E-state index in [9.17, 15) is 4.79 Å². The highest BCUT2D eigenvalue weighted by molar-refractivity contribution is 7.13. The molecule has 0 fully saturated rings. The smallest absolute Gasteiger partial charge is 0.220 e. The van der Waals surface area contributed by atoms with Crippen molar-refractivity contribution < 1.29 is 4.79 Å². The van der Waals surface area contributed by atoms with Crippen LogP contribution in [0.3, 0.4) is 0 Å². The maximum absolute atomic E-state index is 12.1. The first-order chi connectivity index (χ1) is 13.1. The second-order valence-corrected chi connectivity index (χ2v) is 7.73. The van der Waals surface area contributed by atoms with Gasteiger partial charge in [-0.3, -0.25) is 9.78 Å². The first kappa shape index (κ1) is 19.2. The lowest BCUT2D eigenvalue weighted by atomic mass is 10.0. The molecule has 2 aromatic heterocycles. The van der Waals surface area contributed by atoms with E-state index in [1.165, 1.54) is 11.1 Å². The number of carbonyl (C=O) groups is 1. The molecule has 0 radical (unpaired) electrons. The van der Waals surface area contributed by atoms with Crippen molar-refractivity contribution in [3.8, 4) is 10.6 Å². The number of thiazole rings is 1. The molecule has 5 heteroatoms. The van der Waals surface area contributed by atoms with Gasteiger partial charge in [-0.2, -0.15) is 0 Å². The summed E-state index contributed by atoms with van der Waals surface area (Å²) < 4.78 is 0. The molecule has 0 aliphatic carbocycles. The Morgan fingerprint density at radius 1 is 1.07 bits per heavy atom. The maximum atomic E-state index is 12.1. The van der Waals surface area contributed by atoms with Crippen molar-refractivity contribution in [1.82, 2.24) is 15.3 Å². The highest BCUT2D eigenvalue weighted by Gasteiger charge is 2.07. The lowest BCUT2D eigenvalue weighted by molar-refractivity contribution is -0.121. The quantitative estimate of drug-likeness (QED) is 0.621. The molecule has 0 spiro atoms. The van der Waals surface area contributed by atoms with Crippen LogP contribution in [0.2, 0.25) is 0 Å². The van der Waals surface area contributed by atoms with Crippen molar-refractivity contribution >= 4 is 17.2 Å². The van der Waals surface area contributed by atoms with Gasteiger partial charge in [0.05, 0.1) is 5.69 Å². The van der Waals surface area contributed by atoms with E-state index >= 15 is 0 Å². The number of pyridine rings is 1. The Kier molecular flexibility index (Phi) is 6.71. The van der Waals surface area contributed by atoms with Crippen molar-refractivity contribution in [3.05, 3.63) is 71.0 Å². The molecule has 0 aliphatic rings. The summed E-state index contributed by atoms with van der Waals surface area (Å²) in [4.78, 5) is 20.7. The summed E-state index contributed by atoms with van der Waals surface area (Å²) in [7, 11) is 0. The molecule has 0 saturated carbocycles. The topological polar surface area (TPSA) is 54.9 Å². The Morgan fingerprint density at radius 2 is 1.81 bits per heavy atom. The number of amides is 1. The summed E-state index contributed by atoms with van der Waals surface area (Å²) in [6.07, 6.45) is 5.51. The summed E-state index contributed by atoms with van der Waals surface area (Å²) in [6.45, 7) is 5.05. The molecule has 4 nitrogen and oxygen atoms in total. The number of hydrogen-bond donors (Lipinski definition) is 1. The number of benzene rings is 1. The molecule has 0 unspecified atom stereocenters. The van der Waals surface area contributed by atoms with Gasteiger partial charge in [-0.25, -0.2) is 4.98 Å². The van der Waals surface area contributed by atoms with Crippen molar-refractivity contribution in [2.24, 2.45) is 0 Å². The van der Waals surface area contributed by atoms with E-state index in [1.54, 1.807) is 23.7 Å². The molecular weight excluding hydrogens is 354 g/mol. The van der Waals surface area contributed by atoms with Gasteiger partial charge in [0, 0.05) is 36.3 Å². The first-order valence-electron chi connectivity index (χ1n) is 9.32. The number of hydrogen-bond acceptors (Lipinski definition) is 4. The van der Waals surface area contributed by atoms with Gasteiger partial charge >= 0.3 is 0 Å². The first-order valence-corrected chi connectivity index (χ1v) is 10.2. The van der Waals surface area contributed by atoms with Gasteiger partial charge in [-0.05, 0) is 42.0 Å². The molecule has 0 saturated heterocycles. The number of rotatable bonds is 8. The van der Waals surface area contributed by atoms with Crippen LogP contribution in [-0.4, -0.2) is 22.4 Å². The van der Waals surface area contributed by atoms with Gasteiger partial charge in [0.25, 0.3) is 0 Å². The van der Waals surface area contributed by atoms with Gasteiger partial charge < -0.3 is 5.32 Å². The standard InChI is InChI=1S/C22H25N3OS/c1-16(2)18-5-3-17(4-6-18)9-14-24-21(26)8-7-20-15-27-22(25-20)19-10-12-23-13-11-19/h3-6,10-13,15-16H,7-9,14H2,1-2H3,(H,24,26). The minimum atomic E-state index is 0.0762. The summed E-state index contributed by atoms with van der Waals surface area (Å²) in [5.74, 6) is 0.621. The van der Waals surface area contributed by atoms with Gasteiger partial charge in [0.2, 0.25) is 5.91 Å². The average molecular weight is 380 g/mol. The fourth-order valence-electron chi connectivity index (χ4n) is 2.79. The molecule has 0 bridgehead atoms. The van der Waals surface area contributed by atoms with E-state index in [-0.39, 0.29) is 5.91 Å². The highest BCUT2D eigenvalue weighted by atomic mass is 32.1. The lowest BCUT2D eigenvalue weighted by Gasteiger charge is -2.08. The average Bonchev–Trinajstić information content (AvgIpc) is 3.16. The van der Waals surface area contributed by atoms with Crippen molar-refractivity contribution in [2.75, 3.05) is 6.54 Å². The third kappa shape index (κ3) is 5.73. The van der Waals surface area contributed by atoms with Gasteiger partial charge in [-0.1, -0.05) is 38.1 Å². The van der Waals surface area contributed by atoms with E-state index in [2.05, 4.69) is 53.4 Å². The van der Waals surface area contributed by atoms with Crippen molar-refractivity contribution in [3.63, 3.8) is 0 Å². The molecule has 2 heterocycles. The van der Waals surface area contributed by atoms with Crippen LogP contribution >= 0.6 is 11.3 Å². The van der Waals surface area contributed by atoms with E-state index in [4.69, 9.17) is 0 Å². The molecule has 0 atom stereocenters. The second kappa shape index (κ2) is 9.42. The van der Waals surface area contributed by atoms with Crippen LogP contribution in [0.5, 0.6) is 0 Å². The van der Waals surface area contributed by atoms with E-state index in [1.807, 2.05) is 17.5 Å². The Hall–Kier alpha value is -2.53. The summed E-state index contributed by atoms with van der Waals surface area (Å²) in [5, 5.41) is 6.00. The molecule has 3 rings (SSSR count). The van der Waals surface area contributed by atoms with Crippen LogP contribution in [0.15, 0.2) is 54.2 Å². The minimum absolute atomic E-state index is 0.0762. The molecule has 1 amide bonds. The molecule has 3 aromatic rings. The molecule has 1 N–H and O–H groups in total. The van der Waals surface area contributed by atoms with Gasteiger partial charge in [0.15, 0.2) is 0 Å². The predicted octanol–water partition coefficient (Wildman–Crippen LogP) is 4.62. The third-order valence-corrected chi connectivity index (χ3v) is 5.41. The normalized spacial score (nSPS) is 10.9. The fourth-order valence-corrected chi connectivity index (χ4v) is 3.65. The SMILES string of the molecule is CC(C)c1ccc(CCNC(=O)CCc2csc(-c3ccncc3)n2)cc1. The van der Waals surface area contributed by atoms with E-state index in [0.717, 1.165) is 22.7 Å². The zero-order valence-electron chi connectivity index (χ0n) is 15.8. The van der Waals surface area contributed by atoms with Crippen LogP contribution in [0, 0.1) is 0 Å². The number of nitrogens with zero attached hydrogens (tertiary/aromatic N) is 2. The highest BCUT2D eigenvalue weighted by Crippen LogP contribution is 2.23. The number of aromatic nitrogens is 2. The monoisotopic (exact) mass is 379 g/mol. The summed E-state index contributed by atoms with van der Waals surface area (Å²) >= 11 is 1.60. The molecule has 27 heavy (non-hydrogen) atoms. The third-order valence-electron chi connectivity index (χ3n) is 4.47. The summed E-state index contributed by atoms with van der Waals surface area (Å²) in [6, 6.07) is 12.5. The Morgan fingerprint density at radius 3 is 2.52 bits per heavy atom. The van der Waals surface area contributed by atoms with Gasteiger partial charge in [0.1, 0.15) is 5.01 Å². The lowest BCUT2D eigenvalue weighted by Crippen LogP contribution is -2.25. The largest absolute Gasteiger partial charge is 0.356 e. The van der Waals surface area contributed by atoms with Crippen molar-refractivity contribution in [1.29, 1.82) is 0 Å². The molecule has 1 aromatic carbocycles. The zero-order valence-corrected chi connectivity index (χ0v) is 16.6. The van der Waals surface area contributed by atoms with Crippen LogP contribution in [-0.2, 0) is 17.6 Å². The second-order valence-electron chi connectivity index (χ2n) is 6.88. The molecule has 0 aliphatic heterocycles. The van der Waals surface area contributed by atoms with Crippen LogP contribution in [0.25, 0.3) is 10.6 Å². The van der Waals surface area contributed by atoms with Gasteiger partial charge in [-0.15, -0.1) is 11.3 Å². The Labute approximate surface area is 164 Å². The molecular formula is C22H25N3OS. The summed E-state index contributed by atoms with van der Waals surface area (Å²) in [5.41, 5.74) is 4.62. The minimum Gasteiger partial charge on any atom is -0.356 e. The Bertz CT molecular complexity index is 857. The van der Waals surface area contributed by atoms with E-state index < -0.39 is 0 Å². The molecule has 140 valence electrons. The number of aryl methyl sites for hydroxylation is 1. The maximum Gasteiger partial charge on any atom is 0.220 e. The Balaban J connectivity index is 1.40. The van der Waals surface area contributed by atoms with Crippen molar-refractivity contribution in [2.45, 2.75) is 39.0 Å². The van der Waals surface area contributed by atoms with Crippen LogP contribution in [0.4, 0.5) is 0 Å². The van der Waals surface area contributed by atoms with E-state index in [0.29, 0.717) is 25.3 Å². The zero-order chi connectivity index (χ0) is 19.1. The number of carbonyl (C=O) groups excluding carboxylic acids is 1.